The molecule has 3 aromatic heterocycles. The van der Waals surface area contributed by atoms with Gasteiger partial charge in [0.15, 0.2) is 11.6 Å². The Labute approximate surface area is 188 Å². The number of hydrogen-bond donors (Lipinski definition) is 3. The Morgan fingerprint density at radius 3 is 2.88 bits per heavy atom. The summed E-state index contributed by atoms with van der Waals surface area (Å²) in [5.41, 5.74) is 4.63. The standard InChI is InChI=1S/C22H18ClN7O2/c1-32-20-13(23)3-2-4-16(20)29-19-17-14(6-9-25-22(17)31)28-18(19)15-7-8-24-21(30-15)12-5-10-26-27-11-12/h2-5,7-8,10-11,28-29H,6,9H2,1H3,(H,25,31). The number of carbonyl (C=O) groups is 1. The molecule has 0 fully saturated rings. The SMILES string of the molecule is COc1c(Cl)cccc1Nc1c(-c2ccnc(-c3ccnnc3)n2)[nH]c2c1C(=O)NCC2. The average Bonchev–Trinajstić information content (AvgIpc) is 3.19. The van der Waals surface area contributed by atoms with Crippen LogP contribution in [0.2, 0.25) is 5.02 Å². The number of aromatic nitrogens is 5. The van der Waals surface area contributed by atoms with Crippen LogP contribution in [0.25, 0.3) is 22.8 Å². The second kappa shape index (κ2) is 8.27. The van der Waals surface area contributed by atoms with Crippen LogP contribution in [0.15, 0.2) is 48.9 Å². The molecule has 5 rings (SSSR count). The number of nitrogens with one attached hydrogen (secondary N) is 3. The summed E-state index contributed by atoms with van der Waals surface area (Å²) < 4.78 is 5.47. The van der Waals surface area contributed by atoms with Crippen molar-refractivity contribution in [1.82, 2.24) is 30.5 Å². The molecule has 1 aromatic carbocycles. The molecule has 1 aliphatic rings. The number of fused-ring (bicyclic) bond motifs is 1. The fourth-order valence-electron chi connectivity index (χ4n) is 3.71. The van der Waals surface area contributed by atoms with Crippen LogP contribution in [0, 0.1) is 0 Å². The van der Waals surface area contributed by atoms with Crippen molar-refractivity contribution in [2.45, 2.75) is 6.42 Å². The topological polar surface area (TPSA) is 118 Å². The molecular weight excluding hydrogens is 430 g/mol. The number of ether oxygens (including phenoxy) is 1. The fraction of sp³-hybridized carbons (Fsp3) is 0.136. The molecule has 0 bridgehead atoms. The first-order chi connectivity index (χ1) is 15.7. The molecule has 0 saturated carbocycles. The summed E-state index contributed by atoms with van der Waals surface area (Å²) in [6.07, 6.45) is 5.53. The van der Waals surface area contributed by atoms with Gasteiger partial charge in [-0.25, -0.2) is 9.97 Å². The first-order valence-electron chi connectivity index (χ1n) is 9.88. The molecule has 4 heterocycles. The number of aromatic amines is 1. The first kappa shape index (κ1) is 20.0. The molecule has 0 saturated heterocycles. The molecule has 0 unspecified atom stereocenters. The van der Waals surface area contributed by atoms with Crippen LogP contribution in [-0.4, -0.2) is 44.7 Å². The van der Waals surface area contributed by atoms with E-state index >= 15 is 0 Å². The van der Waals surface area contributed by atoms with Gasteiger partial charge in [-0.2, -0.15) is 10.2 Å². The maximum absolute atomic E-state index is 12.8. The molecule has 4 aromatic rings. The lowest BCUT2D eigenvalue weighted by Crippen LogP contribution is -2.31. The van der Waals surface area contributed by atoms with Crippen molar-refractivity contribution in [2.24, 2.45) is 0 Å². The van der Waals surface area contributed by atoms with E-state index < -0.39 is 0 Å². The van der Waals surface area contributed by atoms with Gasteiger partial charge in [-0.05, 0) is 24.3 Å². The quantitative estimate of drug-likeness (QED) is 0.427. The Morgan fingerprint density at radius 1 is 1.16 bits per heavy atom. The number of H-pyrrole nitrogens is 1. The van der Waals surface area contributed by atoms with Crippen LogP contribution < -0.4 is 15.4 Å². The van der Waals surface area contributed by atoms with E-state index in [0.717, 1.165) is 11.3 Å². The zero-order valence-corrected chi connectivity index (χ0v) is 17.8. The lowest BCUT2D eigenvalue weighted by Gasteiger charge is -2.17. The Morgan fingerprint density at radius 2 is 2.06 bits per heavy atom. The minimum absolute atomic E-state index is 0.162. The van der Waals surface area contributed by atoms with Crippen molar-refractivity contribution in [3.05, 3.63) is 65.2 Å². The molecule has 32 heavy (non-hydrogen) atoms. The molecular formula is C22H18ClN7O2. The van der Waals surface area contributed by atoms with Gasteiger partial charge in [-0.1, -0.05) is 17.7 Å². The minimum Gasteiger partial charge on any atom is -0.493 e. The Bertz CT molecular complexity index is 1310. The smallest absolute Gasteiger partial charge is 0.255 e. The molecule has 160 valence electrons. The lowest BCUT2D eigenvalue weighted by atomic mass is 10.1. The normalized spacial score (nSPS) is 12.8. The van der Waals surface area contributed by atoms with Crippen LogP contribution in [0.4, 0.5) is 11.4 Å². The van der Waals surface area contributed by atoms with Crippen LogP contribution in [0.3, 0.4) is 0 Å². The number of halogens is 1. The van der Waals surface area contributed by atoms with E-state index in [0.29, 0.717) is 57.9 Å². The fourth-order valence-corrected chi connectivity index (χ4v) is 3.96. The number of methoxy groups -OCH3 is 1. The summed E-state index contributed by atoms with van der Waals surface area (Å²) in [4.78, 5) is 25.2. The van der Waals surface area contributed by atoms with Gasteiger partial charge in [0.25, 0.3) is 5.91 Å². The Balaban J connectivity index is 1.66. The first-order valence-corrected chi connectivity index (χ1v) is 10.3. The van der Waals surface area contributed by atoms with Crippen molar-refractivity contribution in [3.63, 3.8) is 0 Å². The van der Waals surface area contributed by atoms with Gasteiger partial charge in [-0.15, -0.1) is 0 Å². The molecule has 0 aliphatic carbocycles. The monoisotopic (exact) mass is 447 g/mol. The van der Waals surface area contributed by atoms with Gasteiger partial charge < -0.3 is 20.4 Å². The van der Waals surface area contributed by atoms with Crippen LogP contribution in [-0.2, 0) is 6.42 Å². The number of carbonyl (C=O) groups excluding carboxylic acids is 1. The zero-order valence-electron chi connectivity index (χ0n) is 17.0. The Hall–Kier alpha value is -3.98. The molecule has 1 amide bonds. The molecule has 3 N–H and O–H groups in total. The van der Waals surface area contributed by atoms with Crippen LogP contribution in [0.1, 0.15) is 16.1 Å². The van der Waals surface area contributed by atoms with Gasteiger partial charge in [-0.3, -0.25) is 4.79 Å². The highest BCUT2D eigenvalue weighted by Gasteiger charge is 2.28. The molecule has 9 nitrogen and oxygen atoms in total. The zero-order chi connectivity index (χ0) is 22.1. The highest BCUT2D eigenvalue weighted by atomic mass is 35.5. The molecule has 10 heteroatoms. The molecule has 0 atom stereocenters. The van der Waals surface area contributed by atoms with E-state index in [9.17, 15) is 4.79 Å². The third-order valence-electron chi connectivity index (χ3n) is 5.15. The molecule has 0 radical (unpaired) electrons. The summed E-state index contributed by atoms with van der Waals surface area (Å²) in [6, 6.07) is 8.96. The lowest BCUT2D eigenvalue weighted by molar-refractivity contribution is 0.0947. The number of rotatable bonds is 5. The number of para-hydroxylation sites is 1. The van der Waals surface area contributed by atoms with E-state index in [1.165, 1.54) is 0 Å². The summed E-state index contributed by atoms with van der Waals surface area (Å²) >= 11 is 6.30. The van der Waals surface area contributed by atoms with E-state index in [1.54, 1.807) is 43.9 Å². The van der Waals surface area contributed by atoms with Crippen molar-refractivity contribution in [2.75, 3.05) is 19.0 Å². The predicted molar refractivity (Wildman–Crippen MR) is 120 cm³/mol. The van der Waals surface area contributed by atoms with Crippen LogP contribution >= 0.6 is 11.6 Å². The minimum atomic E-state index is -0.162. The van der Waals surface area contributed by atoms with Crippen molar-refractivity contribution >= 4 is 28.9 Å². The van der Waals surface area contributed by atoms with E-state index in [2.05, 4.69) is 30.8 Å². The highest BCUT2D eigenvalue weighted by molar-refractivity contribution is 6.32. The number of nitrogens with zero attached hydrogens (tertiary/aromatic N) is 4. The number of benzene rings is 1. The predicted octanol–water partition coefficient (Wildman–Crippen LogP) is 3.62. The maximum Gasteiger partial charge on any atom is 0.255 e. The third-order valence-corrected chi connectivity index (χ3v) is 5.45. The van der Waals surface area contributed by atoms with Gasteiger partial charge >= 0.3 is 0 Å². The highest BCUT2D eigenvalue weighted by Crippen LogP contribution is 2.40. The van der Waals surface area contributed by atoms with Crippen molar-refractivity contribution in [1.29, 1.82) is 0 Å². The number of anilines is 2. The van der Waals surface area contributed by atoms with Crippen molar-refractivity contribution < 1.29 is 9.53 Å². The van der Waals surface area contributed by atoms with E-state index in [-0.39, 0.29) is 5.91 Å². The summed E-state index contributed by atoms with van der Waals surface area (Å²) in [7, 11) is 1.55. The Kier molecular flexibility index (Phi) is 5.16. The van der Waals surface area contributed by atoms with Gasteiger partial charge in [0, 0.05) is 30.4 Å². The molecule has 0 spiro atoms. The average molecular weight is 448 g/mol. The summed E-state index contributed by atoms with van der Waals surface area (Å²) in [5.74, 6) is 0.822. The summed E-state index contributed by atoms with van der Waals surface area (Å²) in [6.45, 7) is 0.559. The van der Waals surface area contributed by atoms with Gasteiger partial charge in [0.05, 0.1) is 52.9 Å². The second-order valence-electron chi connectivity index (χ2n) is 7.08. The number of hydrogen-bond acceptors (Lipinski definition) is 7. The molecule has 1 aliphatic heterocycles. The van der Waals surface area contributed by atoms with E-state index in [1.807, 2.05) is 12.1 Å². The van der Waals surface area contributed by atoms with Gasteiger partial charge in [0.1, 0.15) is 0 Å². The van der Waals surface area contributed by atoms with Crippen LogP contribution in [0.5, 0.6) is 5.75 Å². The number of amides is 1. The summed E-state index contributed by atoms with van der Waals surface area (Å²) in [5, 5.41) is 14.4. The largest absolute Gasteiger partial charge is 0.493 e. The van der Waals surface area contributed by atoms with E-state index in [4.69, 9.17) is 21.3 Å². The third kappa shape index (κ3) is 3.52. The maximum atomic E-state index is 12.8. The van der Waals surface area contributed by atoms with Gasteiger partial charge in [0.2, 0.25) is 0 Å². The second-order valence-corrected chi connectivity index (χ2v) is 7.48. The van der Waals surface area contributed by atoms with Crippen molar-refractivity contribution in [3.8, 4) is 28.5 Å².